The number of likely N-dealkylation sites (N-methyl/N-ethyl adjacent to an activating group) is 1. The molecular weight excluding hydrogens is 278 g/mol. The van der Waals surface area contributed by atoms with E-state index >= 15 is 0 Å². The molecule has 1 aromatic rings. The molecular formula is C17H23N3O2. The van der Waals surface area contributed by atoms with Crippen LogP contribution in [0, 0.1) is 0 Å². The number of pyridine rings is 1. The van der Waals surface area contributed by atoms with E-state index in [1.54, 1.807) is 12.4 Å². The Hall–Kier alpha value is -1.72. The summed E-state index contributed by atoms with van der Waals surface area (Å²) in [5.41, 5.74) is 2.33. The van der Waals surface area contributed by atoms with Gasteiger partial charge in [-0.15, -0.1) is 0 Å². The van der Waals surface area contributed by atoms with Crippen LogP contribution in [-0.2, 0) is 9.53 Å². The highest BCUT2D eigenvalue weighted by molar-refractivity contribution is 5.84. The molecule has 0 aromatic carbocycles. The summed E-state index contributed by atoms with van der Waals surface area (Å²) in [7, 11) is 2.04. The monoisotopic (exact) mass is 301 g/mol. The molecule has 3 rings (SSSR count). The molecule has 1 aromatic heterocycles. The zero-order valence-electron chi connectivity index (χ0n) is 13.2. The van der Waals surface area contributed by atoms with E-state index in [4.69, 9.17) is 4.74 Å². The lowest BCUT2D eigenvalue weighted by Crippen LogP contribution is -2.53. The fourth-order valence-electron chi connectivity index (χ4n) is 3.21. The second-order valence-electron chi connectivity index (χ2n) is 6.17. The zero-order chi connectivity index (χ0) is 15.5. The number of morpholine rings is 1. The van der Waals surface area contributed by atoms with Crippen LogP contribution in [0.5, 0.6) is 0 Å². The van der Waals surface area contributed by atoms with Crippen molar-refractivity contribution in [2.75, 3.05) is 33.2 Å². The van der Waals surface area contributed by atoms with Gasteiger partial charge in [0, 0.05) is 38.6 Å². The molecule has 118 valence electrons. The average molecular weight is 301 g/mol. The van der Waals surface area contributed by atoms with Crippen molar-refractivity contribution in [2.45, 2.75) is 25.6 Å². The van der Waals surface area contributed by atoms with Gasteiger partial charge in [0.25, 0.3) is 5.91 Å². The molecule has 0 N–H and O–H groups in total. The molecule has 1 fully saturated rings. The van der Waals surface area contributed by atoms with Crippen molar-refractivity contribution >= 4 is 11.5 Å². The highest BCUT2D eigenvalue weighted by Gasteiger charge is 2.32. The highest BCUT2D eigenvalue weighted by atomic mass is 16.5. The van der Waals surface area contributed by atoms with Crippen LogP contribution in [0.3, 0.4) is 0 Å². The maximum atomic E-state index is 12.8. The first-order valence-corrected chi connectivity index (χ1v) is 7.85. The van der Waals surface area contributed by atoms with Crippen molar-refractivity contribution in [3.8, 4) is 0 Å². The second kappa shape index (κ2) is 6.58. The van der Waals surface area contributed by atoms with E-state index in [0.717, 1.165) is 25.1 Å². The largest absolute Gasteiger partial charge is 0.363 e. The zero-order valence-corrected chi connectivity index (χ0v) is 13.2. The Balaban J connectivity index is 1.68. The number of hydrogen-bond acceptors (Lipinski definition) is 4. The van der Waals surface area contributed by atoms with Gasteiger partial charge in [0.1, 0.15) is 6.10 Å². The van der Waals surface area contributed by atoms with E-state index in [1.165, 1.54) is 5.57 Å². The molecule has 0 aliphatic carbocycles. The quantitative estimate of drug-likeness (QED) is 0.829. The summed E-state index contributed by atoms with van der Waals surface area (Å²) in [6.07, 6.45) is 6.45. The topological polar surface area (TPSA) is 45.7 Å². The van der Waals surface area contributed by atoms with Crippen molar-refractivity contribution in [2.24, 2.45) is 0 Å². The minimum Gasteiger partial charge on any atom is -0.363 e. The summed E-state index contributed by atoms with van der Waals surface area (Å²) in [6, 6.07) is 3.99. The molecule has 0 radical (unpaired) electrons. The molecule has 0 saturated carbocycles. The minimum atomic E-state index is -0.342. The maximum Gasteiger partial charge on any atom is 0.253 e. The summed E-state index contributed by atoms with van der Waals surface area (Å²) in [4.78, 5) is 20.9. The standard InChI is InChI=1S/C17H23N3O2/c1-13-10-19(2)12-16(22-13)17(21)20-9-3-4-15(11-20)14-5-7-18-8-6-14/h4-8,13,16H,3,9-12H2,1-2H3. The normalized spacial score (nSPS) is 26.6. The number of amides is 1. The van der Waals surface area contributed by atoms with E-state index in [1.807, 2.05) is 31.0 Å². The van der Waals surface area contributed by atoms with Gasteiger partial charge in [-0.3, -0.25) is 9.78 Å². The van der Waals surface area contributed by atoms with E-state index in [0.29, 0.717) is 13.1 Å². The number of nitrogens with zero attached hydrogens (tertiary/aromatic N) is 3. The van der Waals surface area contributed by atoms with Crippen molar-refractivity contribution in [1.82, 2.24) is 14.8 Å². The Kier molecular flexibility index (Phi) is 4.55. The number of carbonyl (C=O) groups excluding carboxylic acids is 1. The summed E-state index contributed by atoms with van der Waals surface area (Å²) >= 11 is 0. The van der Waals surface area contributed by atoms with Crippen molar-refractivity contribution in [3.63, 3.8) is 0 Å². The van der Waals surface area contributed by atoms with Gasteiger partial charge < -0.3 is 14.5 Å². The third kappa shape index (κ3) is 3.36. The summed E-state index contributed by atoms with van der Waals surface area (Å²) in [5, 5.41) is 0. The van der Waals surface area contributed by atoms with E-state index in [2.05, 4.69) is 16.0 Å². The van der Waals surface area contributed by atoms with Crippen LogP contribution in [-0.4, -0.2) is 66.1 Å². The van der Waals surface area contributed by atoms with Gasteiger partial charge in [0.2, 0.25) is 0 Å². The molecule has 5 heteroatoms. The van der Waals surface area contributed by atoms with E-state index in [9.17, 15) is 4.79 Å². The van der Waals surface area contributed by atoms with Gasteiger partial charge in [-0.05, 0) is 43.7 Å². The average Bonchev–Trinajstić information content (AvgIpc) is 2.54. The summed E-state index contributed by atoms with van der Waals surface area (Å²) in [5.74, 6) is 0.109. The SMILES string of the molecule is CC1CN(C)CC(C(=O)N2CCC=C(c3ccncc3)C2)O1. The fraction of sp³-hybridized carbons (Fsp3) is 0.529. The molecule has 5 nitrogen and oxygen atoms in total. The third-order valence-electron chi connectivity index (χ3n) is 4.23. The van der Waals surface area contributed by atoms with Gasteiger partial charge in [0.05, 0.1) is 6.10 Å². The second-order valence-corrected chi connectivity index (χ2v) is 6.17. The lowest BCUT2D eigenvalue weighted by Gasteiger charge is -2.37. The smallest absolute Gasteiger partial charge is 0.253 e. The van der Waals surface area contributed by atoms with Crippen LogP contribution in [0.15, 0.2) is 30.6 Å². The van der Waals surface area contributed by atoms with Crippen LogP contribution in [0.1, 0.15) is 18.9 Å². The molecule has 0 spiro atoms. The molecule has 1 saturated heterocycles. The first-order chi connectivity index (χ1) is 10.6. The Bertz CT molecular complexity index is 548. The van der Waals surface area contributed by atoms with Crippen LogP contribution in [0.2, 0.25) is 0 Å². The predicted molar refractivity (Wildman–Crippen MR) is 85.2 cm³/mol. The third-order valence-corrected chi connectivity index (χ3v) is 4.23. The molecule has 2 atom stereocenters. The Morgan fingerprint density at radius 2 is 2.09 bits per heavy atom. The Morgan fingerprint density at radius 3 is 2.82 bits per heavy atom. The van der Waals surface area contributed by atoms with E-state index in [-0.39, 0.29) is 18.1 Å². The number of rotatable bonds is 2. The minimum absolute atomic E-state index is 0.104. The number of aromatic nitrogens is 1. The van der Waals surface area contributed by atoms with Crippen molar-refractivity contribution in [3.05, 3.63) is 36.2 Å². The van der Waals surface area contributed by atoms with Gasteiger partial charge in [-0.2, -0.15) is 0 Å². The molecule has 2 aliphatic rings. The molecule has 1 amide bonds. The van der Waals surface area contributed by atoms with Gasteiger partial charge >= 0.3 is 0 Å². The van der Waals surface area contributed by atoms with Crippen LogP contribution in [0.4, 0.5) is 0 Å². The predicted octanol–water partition coefficient (Wildman–Crippen LogP) is 1.42. The highest BCUT2D eigenvalue weighted by Crippen LogP contribution is 2.22. The summed E-state index contributed by atoms with van der Waals surface area (Å²) < 4.78 is 5.85. The van der Waals surface area contributed by atoms with Crippen molar-refractivity contribution in [1.29, 1.82) is 0 Å². The molecule has 0 bridgehead atoms. The summed E-state index contributed by atoms with van der Waals surface area (Å²) in [6.45, 7) is 5.00. The first-order valence-electron chi connectivity index (χ1n) is 7.85. The van der Waals surface area contributed by atoms with Gasteiger partial charge in [-0.25, -0.2) is 0 Å². The van der Waals surface area contributed by atoms with Crippen LogP contribution >= 0.6 is 0 Å². The Morgan fingerprint density at radius 1 is 1.32 bits per heavy atom. The van der Waals surface area contributed by atoms with E-state index < -0.39 is 0 Å². The van der Waals surface area contributed by atoms with Crippen LogP contribution in [0.25, 0.3) is 5.57 Å². The fourth-order valence-corrected chi connectivity index (χ4v) is 3.21. The first kappa shape index (κ1) is 15.2. The molecule has 2 unspecified atom stereocenters. The number of hydrogen-bond donors (Lipinski definition) is 0. The Labute approximate surface area is 131 Å². The molecule has 22 heavy (non-hydrogen) atoms. The molecule has 3 heterocycles. The lowest BCUT2D eigenvalue weighted by molar-refractivity contribution is -0.154. The maximum absolute atomic E-state index is 12.8. The van der Waals surface area contributed by atoms with Gasteiger partial charge in [-0.1, -0.05) is 6.08 Å². The van der Waals surface area contributed by atoms with Gasteiger partial charge in [0.15, 0.2) is 0 Å². The number of carbonyl (C=O) groups is 1. The lowest BCUT2D eigenvalue weighted by atomic mass is 10.0. The molecule has 2 aliphatic heterocycles. The van der Waals surface area contributed by atoms with Crippen LogP contribution < -0.4 is 0 Å². The number of ether oxygens (including phenoxy) is 1. The van der Waals surface area contributed by atoms with Crippen molar-refractivity contribution < 1.29 is 9.53 Å².